The average molecular weight is 246 g/mol. The molecular weight excluding hydrogens is 228 g/mol. The van der Waals surface area contributed by atoms with Crippen molar-refractivity contribution in [2.24, 2.45) is 0 Å². The molecule has 0 atom stereocenters. The van der Waals surface area contributed by atoms with Crippen LogP contribution in [0.5, 0.6) is 0 Å². The summed E-state index contributed by atoms with van der Waals surface area (Å²) >= 11 is 0. The van der Waals surface area contributed by atoms with Crippen molar-refractivity contribution in [3.05, 3.63) is 36.2 Å². The first kappa shape index (κ1) is 12.4. The molecule has 2 N–H and O–H groups in total. The molecule has 0 unspecified atom stereocenters. The molecule has 96 valence electrons. The van der Waals surface area contributed by atoms with Gasteiger partial charge in [0.05, 0.1) is 11.7 Å². The highest BCUT2D eigenvalue weighted by atomic mass is 16.2. The van der Waals surface area contributed by atoms with E-state index in [1.54, 1.807) is 10.7 Å². The van der Waals surface area contributed by atoms with Gasteiger partial charge in [-0.05, 0) is 32.9 Å². The van der Waals surface area contributed by atoms with Crippen LogP contribution in [0.25, 0.3) is 5.52 Å². The van der Waals surface area contributed by atoms with Crippen LogP contribution >= 0.6 is 0 Å². The molecule has 0 spiro atoms. The second kappa shape index (κ2) is 4.68. The lowest BCUT2D eigenvalue weighted by Crippen LogP contribution is -2.46. The minimum Gasteiger partial charge on any atom is -0.334 e. The second-order valence-corrected chi connectivity index (χ2v) is 5.26. The Kier molecular flexibility index (Phi) is 3.23. The van der Waals surface area contributed by atoms with Crippen LogP contribution in [-0.4, -0.2) is 21.2 Å². The lowest BCUT2D eigenvalue weighted by molar-refractivity contribution is 0.231. The minimum absolute atomic E-state index is 0.169. The predicted octanol–water partition coefficient (Wildman–Crippen LogP) is 1.93. The zero-order valence-corrected chi connectivity index (χ0v) is 10.9. The van der Waals surface area contributed by atoms with E-state index in [2.05, 4.69) is 15.7 Å². The van der Waals surface area contributed by atoms with Crippen LogP contribution in [0.3, 0.4) is 0 Å². The molecule has 0 aliphatic heterocycles. The molecule has 2 amide bonds. The molecule has 0 saturated carbocycles. The first-order valence-corrected chi connectivity index (χ1v) is 5.93. The molecule has 0 saturated heterocycles. The Balaban J connectivity index is 2.00. The number of pyridine rings is 1. The molecule has 5 heteroatoms. The van der Waals surface area contributed by atoms with Crippen molar-refractivity contribution in [3.63, 3.8) is 0 Å². The van der Waals surface area contributed by atoms with Gasteiger partial charge in [0.1, 0.15) is 0 Å². The Labute approximate surface area is 106 Å². The van der Waals surface area contributed by atoms with Gasteiger partial charge in [-0.2, -0.15) is 5.10 Å². The van der Waals surface area contributed by atoms with E-state index in [9.17, 15) is 4.79 Å². The Morgan fingerprint density at radius 1 is 1.39 bits per heavy atom. The summed E-state index contributed by atoms with van der Waals surface area (Å²) in [7, 11) is 0. The third kappa shape index (κ3) is 3.00. The van der Waals surface area contributed by atoms with Gasteiger partial charge in [-0.25, -0.2) is 9.31 Å². The average Bonchev–Trinajstić information content (AvgIpc) is 2.67. The number of hydrogen-bond acceptors (Lipinski definition) is 2. The van der Waals surface area contributed by atoms with E-state index in [0.717, 1.165) is 11.1 Å². The number of rotatable bonds is 2. The summed E-state index contributed by atoms with van der Waals surface area (Å²) in [5, 5.41) is 9.90. The normalized spacial score (nSPS) is 11.5. The molecule has 18 heavy (non-hydrogen) atoms. The number of nitrogens with zero attached hydrogens (tertiary/aromatic N) is 2. The molecule has 2 rings (SSSR count). The van der Waals surface area contributed by atoms with Crippen molar-refractivity contribution in [3.8, 4) is 0 Å². The van der Waals surface area contributed by atoms with Crippen molar-refractivity contribution < 1.29 is 4.79 Å². The summed E-state index contributed by atoms with van der Waals surface area (Å²) in [5.74, 6) is 0. The van der Waals surface area contributed by atoms with Gasteiger partial charge < -0.3 is 10.6 Å². The number of fused-ring (bicyclic) bond motifs is 1. The maximum atomic E-state index is 11.6. The fraction of sp³-hybridized carbons (Fsp3) is 0.385. The Morgan fingerprint density at radius 3 is 2.89 bits per heavy atom. The monoisotopic (exact) mass is 246 g/mol. The molecule has 0 fully saturated rings. The maximum Gasteiger partial charge on any atom is 0.315 e. The fourth-order valence-corrected chi connectivity index (χ4v) is 1.68. The zero-order valence-electron chi connectivity index (χ0n) is 10.9. The van der Waals surface area contributed by atoms with Gasteiger partial charge in [-0.3, -0.25) is 0 Å². The van der Waals surface area contributed by atoms with E-state index in [4.69, 9.17) is 0 Å². The number of amides is 2. The van der Waals surface area contributed by atoms with Crippen molar-refractivity contribution in [2.75, 3.05) is 0 Å². The van der Waals surface area contributed by atoms with Gasteiger partial charge >= 0.3 is 6.03 Å². The zero-order chi connectivity index (χ0) is 13.2. The number of aromatic nitrogens is 2. The van der Waals surface area contributed by atoms with E-state index in [-0.39, 0.29) is 11.6 Å². The SMILES string of the molecule is CC(C)(C)NC(=O)NCc1cnn2ccccc12. The Morgan fingerprint density at radius 2 is 2.17 bits per heavy atom. The predicted molar refractivity (Wildman–Crippen MR) is 70.3 cm³/mol. The van der Waals surface area contributed by atoms with Crippen molar-refractivity contribution in [1.82, 2.24) is 20.2 Å². The second-order valence-electron chi connectivity index (χ2n) is 5.26. The van der Waals surface area contributed by atoms with Gasteiger partial charge in [0.2, 0.25) is 0 Å². The van der Waals surface area contributed by atoms with E-state index in [1.165, 1.54) is 0 Å². The van der Waals surface area contributed by atoms with E-state index in [0.29, 0.717) is 6.54 Å². The van der Waals surface area contributed by atoms with E-state index >= 15 is 0 Å². The van der Waals surface area contributed by atoms with Gasteiger partial charge in [-0.15, -0.1) is 0 Å². The van der Waals surface area contributed by atoms with Crippen LogP contribution in [0, 0.1) is 0 Å². The molecule has 2 heterocycles. The number of carbonyl (C=O) groups excluding carboxylic acids is 1. The van der Waals surface area contributed by atoms with Gasteiger partial charge in [0.15, 0.2) is 0 Å². The lowest BCUT2D eigenvalue weighted by Gasteiger charge is -2.20. The number of hydrogen-bond donors (Lipinski definition) is 2. The third-order valence-electron chi connectivity index (χ3n) is 2.43. The van der Waals surface area contributed by atoms with Crippen LogP contribution in [0.4, 0.5) is 4.79 Å². The summed E-state index contributed by atoms with van der Waals surface area (Å²) < 4.78 is 1.79. The number of nitrogens with one attached hydrogen (secondary N) is 2. The van der Waals surface area contributed by atoms with Crippen LogP contribution < -0.4 is 10.6 Å². The molecule has 2 aromatic rings. The molecule has 0 bridgehead atoms. The van der Waals surface area contributed by atoms with Crippen LogP contribution in [-0.2, 0) is 6.54 Å². The van der Waals surface area contributed by atoms with Gasteiger partial charge in [0, 0.05) is 23.8 Å². The molecular formula is C13H18N4O. The van der Waals surface area contributed by atoms with Gasteiger partial charge in [0.25, 0.3) is 0 Å². The summed E-state index contributed by atoms with van der Waals surface area (Å²) in [4.78, 5) is 11.6. The van der Waals surface area contributed by atoms with Crippen molar-refractivity contribution in [2.45, 2.75) is 32.9 Å². The van der Waals surface area contributed by atoms with Crippen LogP contribution in [0.15, 0.2) is 30.6 Å². The summed E-state index contributed by atoms with van der Waals surface area (Å²) in [6.07, 6.45) is 3.65. The van der Waals surface area contributed by atoms with E-state index in [1.807, 2.05) is 45.2 Å². The quantitative estimate of drug-likeness (QED) is 0.850. The largest absolute Gasteiger partial charge is 0.334 e. The molecule has 2 aromatic heterocycles. The summed E-state index contributed by atoms with van der Waals surface area (Å²) in [6.45, 7) is 6.31. The van der Waals surface area contributed by atoms with Crippen molar-refractivity contribution >= 4 is 11.5 Å². The first-order chi connectivity index (χ1) is 8.46. The minimum atomic E-state index is -0.231. The molecule has 0 aromatic carbocycles. The molecule has 5 nitrogen and oxygen atoms in total. The van der Waals surface area contributed by atoms with Gasteiger partial charge in [-0.1, -0.05) is 6.07 Å². The van der Waals surface area contributed by atoms with Crippen LogP contribution in [0.1, 0.15) is 26.3 Å². The fourth-order valence-electron chi connectivity index (χ4n) is 1.68. The topological polar surface area (TPSA) is 58.4 Å². The highest BCUT2D eigenvalue weighted by Gasteiger charge is 2.13. The number of urea groups is 1. The Bertz CT molecular complexity index is 553. The Hall–Kier alpha value is -2.04. The smallest absolute Gasteiger partial charge is 0.315 e. The molecule has 0 radical (unpaired) electrons. The summed E-state index contributed by atoms with van der Waals surface area (Å²) in [6, 6.07) is 5.68. The van der Waals surface area contributed by atoms with E-state index < -0.39 is 0 Å². The highest BCUT2D eigenvalue weighted by Crippen LogP contribution is 2.09. The lowest BCUT2D eigenvalue weighted by atomic mass is 10.1. The highest BCUT2D eigenvalue weighted by molar-refractivity contribution is 5.75. The number of carbonyl (C=O) groups is 1. The standard InChI is InChI=1S/C13H18N4O/c1-13(2,3)16-12(18)14-8-10-9-15-17-7-5-4-6-11(10)17/h4-7,9H,8H2,1-3H3,(H2,14,16,18). The van der Waals surface area contributed by atoms with Crippen molar-refractivity contribution in [1.29, 1.82) is 0 Å². The first-order valence-electron chi connectivity index (χ1n) is 5.93. The third-order valence-corrected chi connectivity index (χ3v) is 2.43. The van der Waals surface area contributed by atoms with Crippen LogP contribution in [0.2, 0.25) is 0 Å². The molecule has 0 aliphatic carbocycles. The molecule has 0 aliphatic rings. The summed E-state index contributed by atoms with van der Waals surface area (Å²) in [5.41, 5.74) is 1.78. The maximum absolute atomic E-state index is 11.6.